The fourth-order valence-electron chi connectivity index (χ4n) is 9.22. The van der Waals surface area contributed by atoms with Gasteiger partial charge in [-0.3, -0.25) is 9.59 Å². The number of amides is 4. The summed E-state index contributed by atoms with van der Waals surface area (Å²) in [6, 6.07) is 11.2. The average molecular weight is 901 g/mol. The van der Waals surface area contributed by atoms with Gasteiger partial charge in [0.05, 0.1) is 24.4 Å². The number of aromatic amines is 1. The van der Waals surface area contributed by atoms with Crippen molar-refractivity contribution in [1.82, 2.24) is 28.6 Å². The Bertz CT molecular complexity index is 2510. The number of carbonyl (C=O) groups is 4. The van der Waals surface area contributed by atoms with Gasteiger partial charge in [0.2, 0.25) is 10.0 Å². The first-order valence-corrected chi connectivity index (χ1v) is 24.8. The summed E-state index contributed by atoms with van der Waals surface area (Å²) in [6.45, 7) is 22.3. The van der Waals surface area contributed by atoms with Crippen LogP contribution < -0.4 is 0 Å². The molecule has 0 aliphatic carbocycles. The normalized spacial score (nSPS) is 17.8. The van der Waals surface area contributed by atoms with Crippen molar-refractivity contribution in [3.05, 3.63) is 70.0 Å². The number of aromatic nitrogens is 2. The highest BCUT2D eigenvalue weighted by molar-refractivity contribution is 7.90. The molecule has 4 aliphatic heterocycles. The zero-order chi connectivity index (χ0) is 46.3. The maximum atomic E-state index is 13.3. The molecule has 15 heteroatoms. The van der Waals surface area contributed by atoms with Crippen LogP contribution in [-0.4, -0.2) is 117 Å². The van der Waals surface area contributed by atoms with Gasteiger partial charge in [-0.05, 0) is 122 Å². The molecule has 2 saturated heterocycles. The molecule has 8 rings (SSSR count). The van der Waals surface area contributed by atoms with Crippen molar-refractivity contribution in [3.63, 3.8) is 0 Å². The van der Waals surface area contributed by atoms with Gasteiger partial charge in [0.1, 0.15) is 11.2 Å². The number of rotatable bonds is 5. The van der Waals surface area contributed by atoms with E-state index in [0.29, 0.717) is 66.5 Å². The fraction of sp³-hybridized carbons (Fsp3) is 0.592. The minimum absolute atomic E-state index is 0.0310. The molecule has 64 heavy (non-hydrogen) atoms. The van der Waals surface area contributed by atoms with E-state index < -0.39 is 27.3 Å². The number of hydrogen-bond donors (Lipinski definition) is 1. The van der Waals surface area contributed by atoms with E-state index >= 15 is 0 Å². The second-order valence-electron chi connectivity index (χ2n) is 20.3. The topological polar surface area (TPSA) is 155 Å². The first kappa shape index (κ1) is 46.9. The molecule has 0 unspecified atom stereocenters. The molecule has 6 heterocycles. The Morgan fingerprint density at radius 3 is 1.66 bits per heavy atom. The number of fused-ring (bicyclic) bond motifs is 6. The summed E-state index contributed by atoms with van der Waals surface area (Å²) in [7, 11) is -3.57. The fourth-order valence-corrected chi connectivity index (χ4v) is 10.9. The van der Waals surface area contributed by atoms with Gasteiger partial charge >= 0.3 is 12.2 Å². The molecule has 0 spiro atoms. The predicted octanol–water partition coefficient (Wildman–Crippen LogP) is 8.73. The molecule has 0 atom stereocenters. The molecule has 1 N–H and O–H groups in total. The number of likely N-dealkylation sites (tertiary alicyclic amines) is 2. The van der Waals surface area contributed by atoms with Crippen LogP contribution in [0, 0.1) is 11.8 Å². The monoisotopic (exact) mass is 900 g/mol. The SMILES string of the molecule is CC1CCN(C(=O)c2ccc3[nH]c4c(c3c2)CN(C(=O)OC(C)(C)C)CC4)CC1.CCCS(=O)(=O)n1c2c(c3cc(C(=O)N4CCC(C)CC4)ccc31)CN(C(=O)OC(C)(C)C)CC2. The lowest BCUT2D eigenvalue weighted by Crippen LogP contribution is -2.40. The van der Waals surface area contributed by atoms with Gasteiger partial charge in [-0.2, -0.15) is 0 Å². The second kappa shape index (κ2) is 18.4. The van der Waals surface area contributed by atoms with E-state index in [9.17, 15) is 27.6 Å². The molecular weight excluding hydrogens is 833 g/mol. The van der Waals surface area contributed by atoms with Crippen molar-refractivity contribution in [2.75, 3.05) is 45.0 Å². The van der Waals surface area contributed by atoms with Gasteiger partial charge in [-0.15, -0.1) is 0 Å². The molecule has 4 aliphatic rings. The Hall–Kier alpha value is -5.05. The summed E-state index contributed by atoms with van der Waals surface area (Å²) in [5, 5.41) is 1.74. The molecule has 0 radical (unpaired) electrons. The Balaban J connectivity index is 0.000000195. The average Bonchev–Trinajstić information content (AvgIpc) is 3.77. The lowest BCUT2D eigenvalue weighted by atomic mass is 9.98. The van der Waals surface area contributed by atoms with Crippen molar-refractivity contribution >= 4 is 55.8 Å². The Morgan fingerprint density at radius 1 is 0.656 bits per heavy atom. The van der Waals surface area contributed by atoms with Crippen LogP contribution in [0.4, 0.5) is 9.59 Å². The lowest BCUT2D eigenvalue weighted by molar-refractivity contribution is 0.0214. The molecule has 4 aromatic rings. The van der Waals surface area contributed by atoms with E-state index in [4.69, 9.17) is 9.47 Å². The van der Waals surface area contributed by atoms with Gasteiger partial charge < -0.3 is 34.1 Å². The third-order valence-electron chi connectivity index (χ3n) is 12.8. The van der Waals surface area contributed by atoms with Crippen LogP contribution in [0.25, 0.3) is 21.8 Å². The lowest BCUT2D eigenvalue weighted by Gasteiger charge is -2.31. The molecular formula is C49H68N6O8S. The van der Waals surface area contributed by atoms with Crippen LogP contribution in [0.15, 0.2) is 36.4 Å². The maximum Gasteiger partial charge on any atom is 0.410 e. The zero-order valence-corrected chi connectivity index (χ0v) is 40.2. The van der Waals surface area contributed by atoms with Gasteiger partial charge in [0.25, 0.3) is 11.8 Å². The Labute approximate surface area is 378 Å². The van der Waals surface area contributed by atoms with Gasteiger partial charge in [0, 0.05) is 102 Å². The molecule has 4 amide bonds. The molecule has 2 aromatic heterocycles. The van der Waals surface area contributed by atoms with E-state index in [-0.39, 0.29) is 30.2 Å². The van der Waals surface area contributed by atoms with Gasteiger partial charge in [-0.25, -0.2) is 22.0 Å². The molecule has 0 bridgehead atoms. The van der Waals surface area contributed by atoms with E-state index in [2.05, 4.69) is 18.8 Å². The Kier molecular flexibility index (Phi) is 13.5. The highest BCUT2D eigenvalue weighted by Gasteiger charge is 2.34. The summed E-state index contributed by atoms with van der Waals surface area (Å²) < 4.78 is 39.1. The van der Waals surface area contributed by atoms with Crippen molar-refractivity contribution in [1.29, 1.82) is 0 Å². The number of H-pyrrole nitrogens is 1. The third kappa shape index (κ3) is 10.4. The third-order valence-corrected chi connectivity index (χ3v) is 14.7. The van der Waals surface area contributed by atoms with Crippen LogP contribution >= 0.6 is 0 Å². The van der Waals surface area contributed by atoms with Gasteiger partial charge in [-0.1, -0.05) is 20.8 Å². The zero-order valence-electron chi connectivity index (χ0n) is 39.3. The number of carbonyl (C=O) groups excluding carboxylic acids is 4. The van der Waals surface area contributed by atoms with Crippen LogP contribution in [0.5, 0.6) is 0 Å². The quantitative estimate of drug-likeness (QED) is 0.209. The van der Waals surface area contributed by atoms with E-state index in [1.807, 2.05) is 82.5 Å². The number of ether oxygens (including phenoxy) is 2. The van der Waals surface area contributed by atoms with Crippen molar-refractivity contribution < 1.29 is 37.1 Å². The number of hydrogen-bond acceptors (Lipinski definition) is 8. The van der Waals surface area contributed by atoms with Crippen LogP contribution in [0.2, 0.25) is 0 Å². The minimum Gasteiger partial charge on any atom is -0.444 e. The highest BCUT2D eigenvalue weighted by atomic mass is 32.2. The van der Waals surface area contributed by atoms with Crippen molar-refractivity contribution in [2.24, 2.45) is 11.8 Å². The van der Waals surface area contributed by atoms with Crippen LogP contribution in [0.3, 0.4) is 0 Å². The number of nitrogens with one attached hydrogen (secondary N) is 1. The minimum atomic E-state index is -3.57. The molecule has 2 fully saturated rings. The smallest absolute Gasteiger partial charge is 0.410 e. The maximum absolute atomic E-state index is 13.3. The van der Waals surface area contributed by atoms with Crippen molar-refractivity contribution in [3.8, 4) is 0 Å². The largest absolute Gasteiger partial charge is 0.444 e. The molecule has 0 saturated carbocycles. The molecule has 14 nitrogen and oxygen atoms in total. The summed E-state index contributed by atoms with van der Waals surface area (Å²) in [6.07, 6.45) is 5.07. The number of piperidine rings is 2. The highest BCUT2D eigenvalue weighted by Crippen LogP contribution is 2.35. The van der Waals surface area contributed by atoms with E-state index in [0.717, 1.165) is 91.6 Å². The summed E-state index contributed by atoms with van der Waals surface area (Å²) in [4.78, 5) is 62.3. The van der Waals surface area contributed by atoms with Crippen molar-refractivity contribution in [2.45, 2.75) is 132 Å². The van der Waals surface area contributed by atoms with E-state index in [1.54, 1.807) is 21.9 Å². The summed E-state index contributed by atoms with van der Waals surface area (Å²) in [5.74, 6) is 1.42. The van der Waals surface area contributed by atoms with Crippen LogP contribution in [0.1, 0.15) is 138 Å². The molecule has 2 aromatic carbocycles. The summed E-state index contributed by atoms with van der Waals surface area (Å²) in [5.41, 5.74) is 5.45. The van der Waals surface area contributed by atoms with Gasteiger partial charge in [0.15, 0.2) is 0 Å². The molecule has 348 valence electrons. The standard InChI is InChI=1S/C26H37N3O5S.C23H31N3O3/c1-6-15-35(32,33)29-22-8-7-19(24(30)27-12-9-18(2)10-13-27)16-20(22)21-17-28(14-11-23(21)29)25(31)34-26(3,4)5;1-15-7-10-25(11-8-15)21(27)16-5-6-19-17(13-16)18-14-26(12-9-20(18)24-19)22(28)29-23(2,3)4/h7-8,16,18H,6,9-15,17H2,1-5H3;5-6,13,15,24H,7-12,14H2,1-4H3. The second-order valence-corrected chi connectivity index (χ2v) is 22.3. The first-order chi connectivity index (χ1) is 30.1. The Morgan fingerprint density at radius 2 is 1.14 bits per heavy atom. The number of benzene rings is 2. The number of nitrogens with zero attached hydrogens (tertiary/aromatic N) is 5. The summed E-state index contributed by atoms with van der Waals surface area (Å²) >= 11 is 0. The van der Waals surface area contributed by atoms with E-state index in [1.165, 1.54) is 3.97 Å². The predicted molar refractivity (Wildman–Crippen MR) is 249 cm³/mol. The van der Waals surface area contributed by atoms with Crippen LogP contribution in [-0.2, 0) is 45.4 Å². The first-order valence-electron chi connectivity index (χ1n) is 23.2.